The molecule has 1 heterocycles. The lowest BCUT2D eigenvalue weighted by atomic mass is 10.0. The molecule has 2 aromatic rings. The molecular weight excluding hydrogens is 180 g/mol. The van der Waals surface area contributed by atoms with Gasteiger partial charge < -0.3 is 16.7 Å². The van der Waals surface area contributed by atoms with E-state index < -0.39 is 0 Å². The third kappa shape index (κ3) is 0.863. The van der Waals surface area contributed by atoms with E-state index in [0.717, 1.165) is 15.9 Å². The van der Waals surface area contributed by atoms with Crippen molar-refractivity contribution in [3.05, 3.63) is 17.5 Å². The number of nitrogens with zero attached hydrogens (tertiary/aromatic N) is 2. The van der Waals surface area contributed by atoms with Crippen LogP contribution in [0.3, 0.4) is 0 Å². The summed E-state index contributed by atoms with van der Waals surface area (Å²) in [6.45, 7) is 3.75. The van der Waals surface area contributed by atoms with Crippen molar-refractivity contribution in [2.75, 3.05) is 11.5 Å². The Labute approximate surface area is 80.9 Å². The van der Waals surface area contributed by atoms with Crippen LogP contribution in [0.5, 0.6) is 0 Å². The summed E-state index contributed by atoms with van der Waals surface area (Å²) in [4.78, 5) is 3.99. The van der Waals surface area contributed by atoms with Crippen molar-refractivity contribution in [2.24, 2.45) is 0 Å². The Balaban J connectivity index is 3.05. The zero-order chi connectivity index (χ0) is 10.5. The molecule has 74 valence electrons. The van der Waals surface area contributed by atoms with Crippen LogP contribution < -0.4 is 11.5 Å². The minimum absolute atomic E-state index is 0.477. The second-order valence-electron chi connectivity index (χ2n) is 3.36. The number of fused-ring (bicyclic) bond motifs is 1. The van der Waals surface area contributed by atoms with E-state index in [9.17, 15) is 5.21 Å². The van der Waals surface area contributed by atoms with Crippen molar-refractivity contribution in [1.82, 2.24) is 9.71 Å². The highest BCUT2D eigenvalue weighted by atomic mass is 16.5. The van der Waals surface area contributed by atoms with Crippen molar-refractivity contribution in [3.8, 4) is 0 Å². The summed E-state index contributed by atoms with van der Waals surface area (Å²) in [5.41, 5.74) is 15.6. The van der Waals surface area contributed by atoms with Crippen molar-refractivity contribution < 1.29 is 5.21 Å². The molecule has 0 radical (unpaired) electrons. The molecule has 0 saturated carbocycles. The third-order valence-corrected chi connectivity index (χ3v) is 2.63. The van der Waals surface area contributed by atoms with E-state index in [-0.39, 0.29) is 0 Å². The molecule has 0 unspecified atom stereocenters. The lowest BCUT2D eigenvalue weighted by Gasteiger charge is -2.09. The minimum atomic E-state index is 0.477. The van der Waals surface area contributed by atoms with Crippen LogP contribution in [0.4, 0.5) is 11.4 Å². The van der Waals surface area contributed by atoms with Crippen LogP contribution in [0.2, 0.25) is 0 Å². The Kier molecular flexibility index (Phi) is 1.57. The van der Waals surface area contributed by atoms with Gasteiger partial charge in [-0.2, -0.15) is 4.73 Å². The maximum atomic E-state index is 9.45. The molecule has 0 bridgehead atoms. The standard InChI is InChI=1S/C9H12N4O/c1-4-5(2)7(11)9-8(6(4)10)12-3-13(9)14/h3,14H,10-11H2,1-2H3. The number of rotatable bonds is 0. The van der Waals surface area contributed by atoms with E-state index in [1.807, 2.05) is 13.8 Å². The molecule has 2 rings (SSSR count). The van der Waals surface area contributed by atoms with Gasteiger partial charge in [-0.25, -0.2) is 4.98 Å². The third-order valence-electron chi connectivity index (χ3n) is 2.63. The molecule has 0 fully saturated rings. The molecule has 5 heteroatoms. The maximum Gasteiger partial charge on any atom is 0.133 e. The van der Waals surface area contributed by atoms with Crippen LogP contribution in [0.25, 0.3) is 11.0 Å². The number of imidazole rings is 1. The molecule has 1 aromatic carbocycles. The second-order valence-corrected chi connectivity index (χ2v) is 3.36. The highest BCUT2D eigenvalue weighted by Gasteiger charge is 2.14. The molecule has 14 heavy (non-hydrogen) atoms. The van der Waals surface area contributed by atoms with Crippen LogP contribution in [-0.2, 0) is 0 Å². The number of hydrogen-bond donors (Lipinski definition) is 3. The van der Waals surface area contributed by atoms with Gasteiger partial charge in [0.1, 0.15) is 17.4 Å². The molecular formula is C9H12N4O. The number of nitrogens with two attached hydrogens (primary N) is 2. The SMILES string of the molecule is Cc1c(C)c(N)c2c(ncn2O)c1N. The summed E-state index contributed by atoms with van der Waals surface area (Å²) < 4.78 is 0.896. The summed E-state index contributed by atoms with van der Waals surface area (Å²) in [5.74, 6) is 0. The molecule has 0 aliphatic carbocycles. The average Bonchev–Trinajstić information content (AvgIpc) is 2.54. The molecule has 0 spiro atoms. The largest absolute Gasteiger partial charge is 0.427 e. The van der Waals surface area contributed by atoms with E-state index in [0.29, 0.717) is 22.4 Å². The van der Waals surface area contributed by atoms with Crippen LogP contribution in [0.1, 0.15) is 11.1 Å². The van der Waals surface area contributed by atoms with Crippen molar-refractivity contribution >= 4 is 22.4 Å². The summed E-state index contributed by atoms with van der Waals surface area (Å²) in [6, 6.07) is 0. The van der Waals surface area contributed by atoms with Crippen molar-refractivity contribution in [3.63, 3.8) is 0 Å². The van der Waals surface area contributed by atoms with Gasteiger partial charge in [-0.15, -0.1) is 0 Å². The topological polar surface area (TPSA) is 90.1 Å². The first kappa shape index (κ1) is 8.68. The van der Waals surface area contributed by atoms with Crippen LogP contribution in [0, 0.1) is 13.8 Å². The predicted octanol–water partition coefficient (Wildman–Crippen LogP) is 1.05. The molecule has 5 nitrogen and oxygen atoms in total. The summed E-state index contributed by atoms with van der Waals surface area (Å²) in [7, 11) is 0. The van der Waals surface area contributed by atoms with E-state index in [2.05, 4.69) is 4.98 Å². The second kappa shape index (κ2) is 2.54. The molecule has 0 atom stereocenters. The van der Waals surface area contributed by atoms with Crippen molar-refractivity contribution in [2.45, 2.75) is 13.8 Å². The number of benzene rings is 1. The van der Waals surface area contributed by atoms with Gasteiger partial charge in [-0.05, 0) is 25.0 Å². The maximum absolute atomic E-state index is 9.45. The van der Waals surface area contributed by atoms with Crippen molar-refractivity contribution in [1.29, 1.82) is 0 Å². The van der Waals surface area contributed by atoms with Gasteiger partial charge >= 0.3 is 0 Å². The Morgan fingerprint density at radius 1 is 1.21 bits per heavy atom. The Bertz CT molecular complexity index is 515. The van der Waals surface area contributed by atoms with Crippen LogP contribution >= 0.6 is 0 Å². The van der Waals surface area contributed by atoms with Gasteiger partial charge in [0.2, 0.25) is 0 Å². The Morgan fingerprint density at radius 3 is 2.43 bits per heavy atom. The highest BCUT2D eigenvalue weighted by Crippen LogP contribution is 2.31. The summed E-state index contributed by atoms with van der Waals surface area (Å²) in [6.07, 6.45) is 1.29. The molecule has 0 aliphatic heterocycles. The first-order chi connectivity index (χ1) is 6.54. The van der Waals surface area contributed by atoms with E-state index in [4.69, 9.17) is 11.5 Å². The average molecular weight is 192 g/mol. The fraction of sp³-hybridized carbons (Fsp3) is 0.222. The van der Waals surface area contributed by atoms with E-state index >= 15 is 0 Å². The molecule has 5 N–H and O–H groups in total. The molecule has 0 saturated heterocycles. The van der Waals surface area contributed by atoms with Crippen LogP contribution in [0.15, 0.2) is 6.33 Å². The monoisotopic (exact) mass is 192 g/mol. The lowest BCUT2D eigenvalue weighted by Crippen LogP contribution is -2.02. The number of anilines is 2. The number of nitrogen functional groups attached to an aromatic ring is 2. The van der Waals surface area contributed by atoms with Gasteiger partial charge in [0, 0.05) is 0 Å². The van der Waals surface area contributed by atoms with Gasteiger partial charge in [0.15, 0.2) is 0 Å². The zero-order valence-electron chi connectivity index (χ0n) is 8.07. The van der Waals surface area contributed by atoms with Gasteiger partial charge in [-0.1, -0.05) is 0 Å². The molecule has 0 aliphatic rings. The number of hydrogen-bond acceptors (Lipinski definition) is 4. The molecule has 0 amide bonds. The fourth-order valence-electron chi connectivity index (χ4n) is 1.55. The van der Waals surface area contributed by atoms with E-state index in [1.54, 1.807) is 0 Å². The Hall–Kier alpha value is -1.91. The minimum Gasteiger partial charge on any atom is -0.427 e. The normalized spacial score (nSPS) is 11.0. The van der Waals surface area contributed by atoms with Gasteiger partial charge in [0.25, 0.3) is 0 Å². The predicted molar refractivity (Wildman–Crippen MR) is 55.2 cm³/mol. The number of aromatic nitrogens is 2. The Morgan fingerprint density at radius 2 is 1.79 bits per heavy atom. The van der Waals surface area contributed by atoms with Gasteiger partial charge in [0.05, 0.1) is 11.4 Å². The summed E-state index contributed by atoms with van der Waals surface area (Å²) in [5, 5.41) is 9.45. The summed E-state index contributed by atoms with van der Waals surface area (Å²) >= 11 is 0. The zero-order valence-corrected chi connectivity index (χ0v) is 8.07. The van der Waals surface area contributed by atoms with Crippen LogP contribution in [-0.4, -0.2) is 14.9 Å². The smallest absolute Gasteiger partial charge is 0.133 e. The quantitative estimate of drug-likeness (QED) is 0.430. The first-order valence-corrected chi connectivity index (χ1v) is 4.24. The highest BCUT2D eigenvalue weighted by molar-refractivity contribution is 5.98. The molecule has 1 aromatic heterocycles. The first-order valence-electron chi connectivity index (χ1n) is 4.24. The fourth-order valence-corrected chi connectivity index (χ4v) is 1.55. The lowest BCUT2D eigenvalue weighted by molar-refractivity contribution is 0.198. The van der Waals surface area contributed by atoms with E-state index in [1.165, 1.54) is 6.33 Å². The van der Waals surface area contributed by atoms with Gasteiger partial charge in [-0.3, -0.25) is 0 Å².